The first-order chi connectivity index (χ1) is 25.2. The molecule has 2 aliphatic heterocycles. The van der Waals surface area contributed by atoms with Crippen molar-refractivity contribution < 1.29 is 47.3 Å². The summed E-state index contributed by atoms with van der Waals surface area (Å²) in [6.45, 7) is 4.26. The number of pyridine rings is 1. The second-order valence-electron chi connectivity index (χ2n) is 13.1. The molecule has 2 aromatic heterocycles. The number of morpholine rings is 1. The van der Waals surface area contributed by atoms with E-state index in [2.05, 4.69) is 20.7 Å². The van der Waals surface area contributed by atoms with E-state index in [4.69, 9.17) is 25.1 Å². The third-order valence-electron chi connectivity index (χ3n) is 8.88. The summed E-state index contributed by atoms with van der Waals surface area (Å²) in [5, 5.41) is 18.6. The zero-order chi connectivity index (χ0) is 38.0. The molecule has 278 valence electrons. The van der Waals surface area contributed by atoms with Gasteiger partial charge in [-0.15, -0.1) is 0 Å². The number of hydrogen-bond acceptors (Lipinski definition) is 10. The Hall–Kier alpha value is -5.94. The molecule has 5 N–H and O–H groups in total. The van der Waals surface area contributed by atoms with Crippen LogP contribution < -0.4 is 25.8 Å². The summed E-state index contributed by atoms with van der Waals surface area (Å²) in [5.41, 5.74) is 7.40. The van der Waals surface area contributed by atoms with Crippen molar-refractivity contribution in [2.75, 3.05) is 38.7 Å². The molecule has 15 nitrogen and oxygen atoms in total. The average molecular weight is 734 g/mol. The van der Waals surface area contributed by atoms with Gasteiger partial charge in [-0.2, -0.15) is 5.10 Å². The van der Waals surface area contributed by atoms with Gasteiger partial charge in [-0.25, -0.2) is 13.5 Å². The number of halogens is 2. The normalized spacial score (nSPS) is 15.0. The molecular formula is C36H37F2N7O8. The Bertz CT molecular complexity index is 2080. The van der Waals surface area contributed by atoms with Gasteiger partial charge in [-0.1, -0.05) is 0 Å². The van der Waals surface area contributed by atoms with Crippen molar-refractivity contribution in [1.29, 1.82) is 0 Å². The first-order valence-corrected chi connectivity index (χ1v) is 16.6. The molecule has 1 atom stereocenters. The third kappa shape index (κ3) is 7.80. The zero-order valence-electron chi connectivity index (χ0n) is 29.1. The second-order valence-corrected chi connectivity index (χ2v) is 13.1. The van der Waals surface area contributed by atoms with Crippen molar-refractivity contribution in [1.82, 2.24) is 25.0 Å². The van der Waals surface area contributed by atoms with Gasteiger partial charge in [0, 0.05) is 53.5 Å². The summed E-state index contributed by atoms with van der Waals surface area (Å²) >= 11 is 0. The number of amides is 3. The lowest BCUT2D eigenvalue weighted by Gasteiger charge is -2.41. The number of carbonyl (C=O) groups excluding carboxylic acids is 3. The molecule has 2 aromatic carbocycles. The molecule has 53 heavy (non-hydrogen) atoms. The summed E-state index contributed by atoms with van der Waals surface area (Å²) in [6.07, 6.45) is 2.68. The Morgan fingerprint density at radius 3 is 2.51 bits per heavy atom. The van der Waals surface area contributed by atoms with E-state index < -0.39 is 46.9 Å². The lowest BCUT2D eigenvalue weighted by Crippen LogP contribution is -2.55. The van der Waals surface area contributed by atoms with Crippen LogP contribution in [0.5, 0.6) is 11.5 Å². The first kappa shape index (κ1) is 36.8. The average Bonchev–Trinajstić information content (AvgIpc) is 3.52. The number of aromatic nitrogens is 3. The van der Waals surface area contributed by atoms with Gasteiger partial charge >= 0.3 is 5.97 Å². The van der Waals surface area contributed by atoms with Gasteiger partial charge < -0.3 is 40.6 Å². The molecule has 0 aliphatic carbocycles. The molecule has 1 fully saturated rings. The summed E-state index contributed by atoms with van der Waals surface area (Å²) in [6, 6.07) is 6.77. The number of ether oxygens (including phenoxy) is 3. The number of nitrogens with one attached hydrogen (secondary N) is 2. The molecule has 1 saturated heterocycles. The quantitative estimate of drug-likeness (QED) is 0.176. The molecule has 0 bridgehead atoms. The topological polar surface area (TPSA) is 200 Å². The Balaban J connectivity index is 1.35. The van der Waals surface area contributed by atoms with Crippen LogP contribution in [0.25, 0.3) is 28.1 Å². The SMILES string of the molecule is COc1cc2c(cc1-c1cncc(NC(=O)CNC(=O)CC[C@@H](N)C(=O)O)c1)-c1c(c(C(=O)N3CCOCC3(C)C)nn1-c1cc(F)cc(F)c1)CO2. The van der Waals surface area contributed by atoms with Crippen LogP contribution in [0, 0.1) is 11.6 Å². The van der Waals surface area contributed by atoms with Gasteiger partial charge in [0.05, 0.1) is 55.7 Å². The number of methoxy groups -OCH3 is 1. The van der Waals surface area contributed by atoms with Crippen molar-refractivity contribution in [2.45, 2.75) is 44.9 Å². The maximum atomic E-state index is 14.6. The minimum Gasteiger partial charge on any atom is -0.496 e. The van der Waals surface area contributed by atoms with Crippen LogP contribution in [0.2, 0.25) is 0 Å². The fraction of sp³-hybridized carbons (Fsp3) is 0.333. The van der Waals surface area contributed by atoms with E-state index in [1.54, 1.807) is 23.1 Å². The van der Waals surface area contributed by atoms with E-state index >= 15 is 0 Å². The highest BCUT2D eigenvalue weighted by Crippen LogP contribution is 2.46. The highest BCUT2D eigenvalue weighted by Gasteiger charge is 2.39. The highest BCUT2D eigenvalue weighted by atomic mass is 19.1. The smallest absolute Gasteiger partial charge is 0.320 e. The molecule has 6 rings (SSSR count). The van der Waals surface area contributed by atoms with Gasteiger partial charge in [0.1, 0.15) is 35.8 Å². The Morgan fingerprint density at radius 1 is 1.06 bits per heavy atom. The van der Waals surface area contributed by atoms with E-state index in [0.29, 0.717) is 59.2 Å². The number of nitrogens with zero attached hydrogens (tertiary/aromatic N) is 4. The van der Waals surface area contributed by atoms with Gasteiger partial charge in [0.25, 0.3) is 5.91 Å². The monoisotopic (exact) mass is 733 g/mol. The number of fused-ring (bicyclic) bond motifs is 3. The van der Waals surface area contributed by atoms with Gasteiger partial charge in [-0.3, -0.25) is 24.2 Å². The molecule has 0 saturated carbocycles. The number of aliphatic carboxylic acids is 1. The number of rotatable bonds is 11. The van der Waals surface area contributed by atoms with E-state index in [0.717, 1.165) is 18.2 Å². The second kappa shape index (κ2) is 15.0. The summed E-state index contributed by atoms with van der Waals surface area (Å²) in [7, 11) is 1.46. The summed E-state index contributed by atoms with van der Waals surface area (Å²) < 4.78 is 48.0. The summed E-state index contributed by atoms with van der Waals surface area (Å²) in [5.74, 6) is -3.66. The largest absolute Gasteiger partial charge is 0.496 e. The van der Waals surface area contributed by atoms with Gasteiger partial charge in [-0.05, 0) is 44.5 Å². The van der Waals surface area contributed by atoms with Crippen LogP contribution in [0.4, 0.5) is 14.5 Å². The van der Waals surface area contributed by atoms with Crippen LogP contribution in [0.3, 0.4) is 0 Å². The molecule has 17 heteroatoms. The maximum absolute atomic E-state index is 14.6. The molecule has 2 aliphatic rings. The predicted molar refractivity (Wildman–Crippen MR) is 185 cm³/mol. The third-order valence-corrected chi connectivity index (χ3v) is 8.88. The number of benzene rings is 2. The van der Waals surface area contributed by atoms with E-state index in [1.165, 1.54) is 24.2 Å². The van der Waals surface area contributed by atoms with Crippen LogP contribution >= 0.6 is 0 Å². The van der Waals surface area contributed by atoms with Crippen LogP contribution in [0.1, 0.15) is 42.7 Å². The molecule has 0 radical (unpaired) electrons. The lowest BCUT2D eigenvalue weighted by molar-refractivity contribution is -0.138. The number of carboxylic acid groups (broad SMARTS) is 1. The van der Waals surface area contributed by atoms with Crippen LogP contribution in [-0.4, -0.2) is 93.5 Å². The number of hydrogen-bond donors (Lipinski definition) is 4. The molecule has 0 unspecified atom stereocenters. The van der Waals surface area contributed by atoms with E-state index in [9.17, 15) is 28.0 Å². The maximum Gasteiger partial charge on any atom is 0.320 e. The molecule has 3 amide bonds. The minimum atomic E-state index is -1.23. The predicted octanol–water partition coefficient (Wildman–Crippen LogP) is 3.28. The number of carbonyl (C=O) groups is 4. The number of anilines is 1. The standard InChI is InChI=1S/C36H37F2N7O8/c1-36(2)18-52-7-6-44(36)34(48)32-26-17-53-29-13-28(51-3)24(12-25(29)33(26)45(43-32)23-10-20(37)9-21(38)11-23)19-8-22(15-40-14-19)42-31(47)16-41-30(46)5-4-27(39)35(49)50/h8-15,27H,4-7,16-18,39H2,1-3H3,(H,41,46)(H,42,47)(H,49,50)/t27-/m1/s1. The van der Waals surface area contributed by atoms with E-state index in [1.807, 2.05) is 13.8 Å². The fourth-order valence-electron chi connectivity index (χ4n) is 6.19. The van der Waals surface area contributed by atoms with Crippen molar-refractivity contribution >= 4 is 29.4 Å². The Kier molecular flexibility index (Phi) is 10.4. The van der Waals surface area contributed by atoms with Crippen LogP contribution in [0.15, 0.2) is 48.8 Å². The van der Waals surface area contributed by atoms with Crippen molar-refractivity contribution in [2.24, 2.45) is 5.73 Å². The highest BCUT2D eigenvalue weighted by molar-refractivity contribution is 5.98. The molecular weight excluding hydrogens is 696 g/mol. The minimum absolute atomic E-state index is 0.0486. The van der Waals surface area contributed by atoms with Crippen molar-refractivity contribution in [3.8, 4) is 39.6 Å². The molecule has 4 heterocycles. The van der Waals surface area contributed by atoms with Gasteiger partial charge in [0.2, 0.25) is 11.8 Å². The first-order valence-electron chi connectivity index (χ1n) is 16.6. The Morgan fingerprint density at radius 2 is 1.81 bits per heavy atom. The zero-order valence-corrected chi connectivity index (χ0v) is 29.1. The van der Waals surface area contributed by atoms with Crippen molar-refractivity contribution in [3.05, 3.63) is 71.7 Å². The van der Waals surface area contributed by atoms with Crippen LogP contribution in [-0.2, 0) is 25.7 Å². The Labute approximate surface area is 302 Å². The number of nitrogens with two attached hydrogens (primary N) is 1. The fourth-order valence-corrected chi connectivity index (χ4v) is 6.19. The summed E-state index contributed by atoms with van der Waals surface area (Å²) in [4.78, 5) is 55.7. The van der Waals surface area contributed by atoms with Crippen molar-refractivity contribution in [3.63, 3.8) is 0 Å². The molecule has 0 spiro atoms. The van der Waals surface area contributed by atoms with Gasteiger partial charge in [0.15, 0.2) is 5.69 Å². The number of carboxylic acids is 1. The van der Waals surface area contributed by atoms with E-state index in [-0.39, 0.29) is 43.1 Å². The molecule has 4 aromatic rings. The lowest BCUT2D eigenvalue weighted by atomic mass is 9.95.